The fourth-order valence-electron chi connectivity index (χ4n) is 4.68. The van der Waals surface area contributed by atoms with Crippen molar-refractivity contribution in [2.45, 2.75) is 57.1 Å². The van der Waals surface area contributed by atoms with E-state index in [0.717, 1.165) is 5.56 Å². The molecule has 208 valence electrons. The van der Waals surface area contributed by atoms with Crippen LogP contribution in [0.4, 0.5) is 4.79 Å². The molecule has 0 radical (unpaired) electrons. The summed E-state index contributed by atoms with van der Waals surface area (Å²) < 4.78 is 22.1. The van der Waals surface area contributed by atoms with Crippen LogP contribution in [0, 0.1) is 0 Å². The van der Waals surface area contributed by atoms with E-state index in [9.17, 15) is 19.8 Å². The molecule has 1 unspecified atom stereocenters. The Labute approximate surface area is 223 Å². The highest BCUT2D eigenvalue weighted by atomic mass is 16.5. The molecule has 1 fully saturated rings. The lowest BCUT2D eigenvalue weighted by molar-refractivity contribution is -0.155. The summed E-state index contributed by atoms with van der Waals surface area (Å²) in [6, 6.07) is 12.1. The number of nitrogens with zero attached hydrogens (tertiary/aromatic N) is 1. The van der Waals surface area contributed by atoms with E-state index < -0.39 is 29.7 Å². The van der Waals surface area contributed by atoms with Crippen LogP contribution in [-0.2, 0) is 20.9 Å². The first-order chi connectivity index (χ1) is 18.2. The van der Waals surface area contributed by atoms with Crippen LogP contribution in [0.25, 0.3) is 0 Å². The molecule has 1 saturated carbocycles. The number of aliphatic carboxylic acids is 1. The van der Waals surface area contributed by atoms with Crippen LogP contribution in [0.5, 0.6) is 11.5 Å². The number of methoxy groups -OCH3 is 3. The lowest BCUT2D eigenvalue weighted by Crippen LogP contribution is -2.66. The Balaban J connectivity index is 1.85. The second-order valence-corrected chi connectivity index (χ2v) is 9.51. The number of rotatable bonds is 13. The lowest BCUT2D eigenvalue weighted by atomic mass is 9.74. The van der Waals surface area contributed by atoms with Gasteiger partial charge in [-0.15, -0.1) is 0 Å². The summed E-state index contributed by atoms with van der Waals surface area (Å²) in [6.45, 7) is 4.26. The maximum atomic E-state index is 13.6. The predicted molar refractivity (Wildman–Crippen MR) is 140 cm³/mol. The highest BCUT2D eigenvalue weighted by Gasteiger charge is 2.52. The molecular weight excluding hydrogens is 492 g/mol. The van der Waals surface area contributed by atoms with Gasteiger partial charge < -0.3 is 39.4 Å². The number of aliphatic hydroxyl groups is 1. The SMILES string of the molecule is COc1cc([C@@H](C)N(CCOCc2ccccc2)C(=O)NC2(C(=O)O)CC(OC)C2)cc(OC)c1C(C)O. The molecular formula is C28H38N2O8. The third-order valence-electron chi connectivity index (χ3n) is 7.02. The molecule has 38 heavy (non-hydrogen) atoms. The number of ether oxygens (including phenoxy) is 4. The third kappa shape index (κ3) is 6.56. The maximum absolute atomic E-state index is 13.6. The van der Waals surface area contributed by atoms with Gasteiger partial charge in [0.05, 0.1) is 51.2 Å². The van der Waals surface area contributed by atoms with Crippen molar-refractivity contribution in [2.75, 3.05) is 34.5 Å². The number of urea groups is 1. The van der Waals surface area contributed by atoms with Crippen LogP contribution < -0.4 is 14.8 Å². The number of amides is 2. The summed E-state index contributed by atoms with van der Waals surface area (Å²) >= 11 is 0. The van der Waals surface area contributed by atoms with E-state index in [2.05, 4.69) is 5.32 Å². The topological polar surface area (TPSA) is 127 Å². The van der Waals surface area contributed by atoms with Crippen LogP contribution in [0.3, 0.4) is 0 Å². The molecule has 2 atom stereocenters. The van der Waals surface area contributed by atoms with Crippen LogP contribution in [-0.4, -0.2) is 73.2 Å². The number of carbonyl (C=O) groups excluding carboxylic acids is 1. The molecule has 10 nitrogen and oxygen atoms in total. The van der Waals surface area contributed by atoms with E-state index in [1.807, 2.05) is 37.3 Å². The van der Waals surface area contributed by atoms with Gasteiger partial charge >= 0.3 is 12.0 Å². The van der Waals surface area contributed by atoms with Crippen LogP contribution >= 0.6 is 0 Å². The van der Waals surface area contributed by atoms with E-state index in [-0.39, 0.29) is 32.1 Å². The Bertz CT molecular complexity index is 1060. The Kier molecular flexibility index (Phi) is 9.96. The molecule has 0 bridgehead atoms. The number of hydrogen-bond acceptors (Lipinski definition) is 7. The molecule has 0 spiro atoms. The van der Waals surface area contributed by atoms with Gasteiger partial charge in [0.25, 0.3) is 0 Å². The van der Waals surface area contributed by atoms with Crippen molar-refractivity contribution in [3.63, 3.8) is 0 Å². The zero-order valence-electron chi connectivity index (χ0n) is 22.6. The number of carboxylic acid groups (broad SMARTS) is 1. The van der Waals surface area contributed by atoms with Gasteiger partial charge in [0.15, 0.2) is 0 Å². The van der Waals surface area contributed by atoms with Crippen molar-refractivity contribution < 1.29 is 38.7 Å². The summed E-state index contributed by atoms with van der Waals surface area (Å²) in [5.41, 5.74) is 0.795. The summed E-state index contributed by atoms with van der Waals surface area (Å²) in [5, 5.41) is 22.9. The van der Waals surface area contributed by atoms with Gasteiger partial charge in [0.1, 0.15) is 17.0 Å². The van der Waals surface area contributed by atoms with Gasteiger partial charge in [-0.2, -0.15) is 0 Å². The number of benzene rings is 2. The van der Waals surface area contributed by atoms with Crippen molar-refractivity contribution in [2.24, 2.45) is 0 Å². The first kappa shape index (κ1) is 29.2. The van der Waals surface area contributed by atoms with Gasteiger partial charge in [0, 0.05) is 26.5 Å². The first-order valence-corrected chi connectivity index (χ1v) is 12.6. The van der Waals surface area contributed by atoms with Crippen molar-refractivity contribution in [1.82, 2.24) is 10.2 Å². The maximum Gasteiger partial charge on any atom is 0.329 e. The molecule has 1 aliphatic carbocycles. The van der Waals surface area contributed by atoms with Gasteiger partial charge in [0.2, 0.25) is 0 Å². The molecule has 1 aliphatic rings. The smallest absolute Gasteiger partial charge is 0.329 e. The van der Waals surface area contributed by atoms with Crippen molar-refractivity contribution >= 4 is 12.0 Å². The molecule has 2 aromatic carbocycles. The molecule has 2 aromatic rings. The van der Waals surface area contributed by atoms with E-state index in [4.69, 9.17) is 18.9 Å². The number of carbonyl (C=O) groups is 2. The standard InChI is InChI=1S/C28H38N2O8/c1-18(21-13-23(36-4)25(19(2)31)24(14-21)37-5)30(11-12-38-17-20-9-7-6-8-10-20)27(34)29-28(26(32)33)15-22(16-28)35-3/h6-10,13-14,18-19,22,31H,11-12,15-17H2,1-5H3,(H,29,34)(H,32,33)/t18-,19?,22?,28?/m1/s1. The second kappa shape index (κ2) is 12.9. The summed E-state index contributed by atoms with van der Waals surface area (Å²) in [5.74, 6) is -0.256. The fraction of sp³-hybridized carbons (Fsp3) is 0.500. The molecule has 10 heteroatoms. The predicted octanol–water partition coefficient (Wildman–Crippen LogP) is 3.68. The largest absolute Gasteiger partial charge is 0.496 e. The minimum absolute atomic E-state index is 0.183. The van der Waals surface area contributed by atoms with Crippen LogP contribution in [0.2, 0.25) is 0 Å². The van der Waals surface area contributed by atoms with Gasteiger partial charge in [-0.25, -0.2) is 9.59 Å². The van der Waals surface area contributed by atoms with E-state index in [0.29, 0.717) is 29.2 Å². The van der Waals surface area contributed by atoms with Crippen molar-refractivity contribution in [1.29, 1.82) is 0 Å². The Morgan fingerprint density at radius 1 is 1.08 bits per heavy atom. The lowest BCUT2D eigenvalue weighted by Gasteiger charge is -2.45. The normalized spacial score (nSPS) is 20.1. The zero-order valence-corrected chi connectivity index (χ0v) is 22.6. The Morgan fingerprint density at radius 2 is 1.68 bits per heavy atom. The minimum atomic E-state index is -1.40. The molecule has 0 aliphatic heterocycles. The number of aliphatic hydroxyl groups excluding tert-OH is 1. The highest BCUT2D eigenvalue weighted by Crippen LogP contribution is 2.39. The van der Waals surface area contributed by atoms with Crippen molar-refractivity contribution in [3.05, 3.63) is 59.2 Å². The molecule has 2 amide bonds. The van der Waals surface area contributed by atoms with Gasteiger partial charge in [-0.1, -0.05) is 30.3 Å². The molecule has 0 aromatic heterocycles. The number of carboxylic acids is 1. The monoisotopic (exact) mass is 530 g/mol. The van der Waals surface area contributed by atoms with Crippen LogP contribution in [0.15, 0.2) is 42.5 Å². The summed E-state index contributed by atoms with van der Waals surface area (Å²) in [7, 11) is 4.52. The van der Waals surface area contributed by atoms with Gasteiger partial charge in [-0.3, -0.25) is 0 Å². The minimum Gasteiger partial charge on any atom is -0.496 e. The van der Waals surface area contributed by atoms with Crippen LogP contribution in [0.1, 0.15) is 55.5 Å². The Morgan fingerprint density at radius 3 is 2.18 bits per heavy atom. The van der Waals surface area contributed by atoms with Gasteiger partial charge in [-0.05, 0) is 37.1 Å². The Hall–Kier alpha value is -3.34. The summed E-state index contributed by atoms with van der Waals surface area (Å²) in [4.78, 5) is 27.2. The fourth-order valence-corrected chi connectivity index (χ4v) is 4.68. The number of hydrogen-bond donors (Lipinski definition) is 3. The molecule has 0 heterocycles. The average Bonchev–Trinajstić information content (AvgIpc) is 2.89. The molecule has 3 N–H and O–H groups in total. The van der Waals surface area contributed by atoms with E-state index in [1.165, 1.54) is 26.2 Å². The number of nitrogens with one attached hydrogen (secondary N) is 1. The molecule has 3 rings (SSSR count). The molecule has 0 saturated heterocycles. The summed E-state index contributed by atoms with van der Waals surface area (Å²) in [6.07, 6.45) is -0.699. The second-order valence-electron chi connectivity index (χ2n) is 9.51. The van der Waals surface area contributed by atoms with Crippen molar-refractivity contribution in [3.8, 4) is 11.5 Å². The third-order valence-corrected chi connectivity index (χ3v) is 7.02. The average molecular weight is 531 g/mol. The van der Waals surface area contributed by atoms with E-state index in [1.54, 1.807) is 19.1 Å². The zero-order chi connectivity index (χ0) is 27.9. The quantitative estimate of drug-likeness (QED) is 0.335. The highest BCUT2D eigenvalue weighted by molar-refractivity contribution is 5.87. The first-order valence-electron chi connectivity index (χ1n) is 12.6. The van der Waals surface area contributed by atoms with E-state index >= 15 is 0 Å².